The summed E-state index contributed by atoms with van der Waals surface area (Å²) < 4.78 is 23.8. The zero-order valence-electron chi connectivity index (χ0n) is 12.2. The van der Waals surface area contributed by atoms with Crippen LogP contribution in [0.1, 0.15) is 31.3 Å². The van der Waals surface area contributed by atoms with E-state index in [1.807, 2.05) is 0 Å². The number of nitrogens with one attached hydrogen (secondary N) is 1. The minimum Gasteiger partial charge on any atom is -0.480 e. The Balaban J connectivity index is 3.10. The normalized spacial score (nSPS) is 13.8. The average Bonchev–Trinajstić information content (AvgIpc) is 2.65. The van der Waals surface area contributed by atoms with Gasteiger partial charge in [-0.3, -0.25) is 4.79 Å². The molecule has 0 aliphatic rings. The van der Waals surface area contributed by atoms with Gasteiger partial charge >= 0.3 is 5.97 Å². The second kappa shape index (κ2) is 5.49. The monoisotopic (exact) mass is 317 g/mol. The Labute approximate surface area is 123 Å². The van der Waals surface area contributed by atoms with Gasteiger partial charge in [0.1, 0.15) is 16.6 Å². The molecule has 0 aliphatic heterocycles. The Kier molecular flexibility index (Phi) is 4.49. The summed E-state index contributed by atoms with van der Waals surface area (Å²) in [6, 6.07) is -0.00971. The quantitative estimate of drug-likeness (QED) is 0.713. The third-order valence-corrected chi connectivity index (χ3v) is 3.81. The minimum absolute atomic E-state index is 0.00882. The van der Waals surface area contributed by atoms with Crippen LogP contribution in [0.25, 0.3) is 0 Å². The molecule has 0 saturated heterocycles. The van der Waals surface area contributed by atoms with Crippen LogP contribution >= 0.6 is 0 Å². The summed E-state index contributed by atoms with van der Waals surface area (Å²) in [4.78, 5) is 23.2. The first-order valence-corrected chi connectivity index (χ1v) is 7.61. The number of primary sulfonamides is 1. The fourth-order valence-electron chi connectivity index (χ4n) is 1.77. The Morgan fingerprint density at radius 3 is 2.24 bits per heavy atom. The molecular weight excluding hydrogens is 298 g/mol. The maximum atomic E-state index is 12.1. The minimum atomic E-state index is -3.93. The number of hydrogen-bond acceptors (Lipinski definition) is 4. The number of nitrogens with two attached hydrogens (primary N) is 1. The summed E-state index contributed by atoms with van der Waals surface area (Å²) in [5.41, 5.74) is -0.690. The third-order valence-electron chi connectivity index (χ3n) is 2.93. The van der Waals surface area contributed by atoms with E-state index in [0.29, 0.717) is 0 Å². The molecule has 0 spiro atoms. The molecule has 4 N–H and O–H groups in total. The van der Waals surface area contributed by atoms with Crippen LogP contribution < -0.4 is 10.5 Å². The van der Waals surface area contributed by atoms with Crippen molar-refractivity contribution in [2.24, 2.45) is 17.6 Å². The van der Waals surface area contributed by atoms with Gasteiger partial charge in [-0.25, -0.2) is 18.4 Å². The van der Waals surface area contributed by atoms with Crippen LogP contribution in [0.15, 0.2) is 17.2 Å². The highest BCUT2D eigenvalue weighted by atomic mass is 32.2. The lowest BCUT2D eigenvalue weighted by Gasteiger charge is -2.27. The summed E-state index contributed by atoms with van der Waals surface area (Å²) in [5.74, 6) is -1.86. The molecular formula is C12H19N3O5S. The zero-order valence-corrected chi connectivity index (χ0v) is 13.1. The molecule has 9 heteroatoms. The lowest BCUT2D eigenvalue weighted by atomic mass is 9.86. The summed E-state index contributed by atoms with van der Waals surface area (Å²) in [7, 11) is -2.46. The second-order valence-corrected chi connectivity index (χ2v) is 7.39. The molecule has 1 unspecified atom stereocenters. The number of rotatable bonds is 4. The van der Waals surface area contributed by atoms with Crippen molar-refractivity contribution < 1.29 is 23.1 Å². The van der Waals surface area contributed by atoms with Crippen molar-refractivity contribution in [3.8, 4) is 0 Å². The molecule has 0 aliphatic carbocycles. The largest absolute Gasteiger partial charge is 0.480 e. The van der Waals surface area contributed by atoms with Crippen LogP contribution in [0.4, 0.5) is 0 Å². The predicted molar refractivity (Wildman–Crippen MR) is 75.1 cm³/mol. The smallest absolute Gasteiger partial charge is 0.326 e. The van der Waals surface area contributed by atoms with E-state index in [-0.39, 0.29) is 10.6 Å². The van der Waals surface area contributed by atoms with Gasteiger partial charge < -0.3 is 15.0 Å². The first-order chi connectivity index (χ1) is 9.34. The lowest BCUT2D eigenvalue weighted by molar-refractivity contribution is -0.142. The molecule has 8 nitrogen and oxygen atoms in total. The molecule has 0 saturated carbocycles. The van der Waals surface area contributed by atoms with Gasteiger partial charge in [0.05, 0.1) is 0 Å². The highest BCUT2D eigenvalue weighted by Crippen LogP contribution is 2.20. The number of carbonyl (C=O) groups excluding carboxylic acids is 1. The average molecular weight is 317 g/mol. The van der Waals surface area contributed by atoms with Gasteiger partial charge in [-0.2, -0.15) is 0 Å². The van der Waals surface area contributed by atoms with Crippen LogP contribution in [-0.4, -0.2) is 36.0 Å². The number of carbonyl (C=O) groups is 2. The molecule has 118 valence electrons. The van der Waals surface area contributed by atoms with Crippen LogP contribution in [0.3, 0.4) is 0 Å². The first kappa shape index (κ1) is 17.2. The molecule has 1 atom stereocenters. The van der Waals surface area contributed by atoms with Crippen molar-refractivity contribution in [1.29, 1.82) is 0 Å². The Morgan fingerprint density at radius 2 is 1.90 bits per heavy atom. The van der Waals surface area contributed by atoms with E-state index in [1.165, 1.54) is 17.8 Å². The first-order valence-electron chi connectivity index (χ1n) is 6.07. The molecule has 21 heavy (non-hydrogen) atoms. The van der Waals surface area contributed by atoms with Gasteiger partial charge in [-0.15, -0.1) is 0 Å². The standard InChI is InChI=1S/C12H19N3O5S/c1-12(2,3)9(11(17)18)14-10(16)8-5-7(6-15(8)4)21(13,19)20/h5-6,9H,1-4H3,(H,14,16)(H,17,18)(H2,13,19,20). The van der Waals surface area contributed by atoms with E-state index in [2.05, 4.69) is 5.32 Å². The molecule has 0 aromatic carbocycles. The van der Waals surface area contributed by atoms with E-state index >= 15 is 0 Å². The van der Waals surface area contributed by atoms with Gasteiger partial charge in [0.2, 0.25) is 10.0 Å². The number of amides is 1. The highest BCUT2D eigenvalue weighted by Gasteiger charge is 2.33. The fraction of sp³-hybridized carbons (Fsp3) is 0.500. The molecule has 1 heterocycles. The number of carboxylic acids is 1. The van der Waals surface area contributed by atoms with E-state index in [4.69, 9.17) is 5.14 Å². The van der Waals surface area contributed by atoms with Crippen molar-refractivity contribution in [3.63, 3.8) is 0 Å². The molecule has 1 rings (SSSR count). The van der Waals surface area contributed by atoms with Crippen molar-refractivity contribution in [2.75, 3.05) is 0 Å². The van der Waals surface area contributed by atoms with Gasteiger partial charge in [0.25, 0.3) is 5.91 Å². The topological polar surface area (TPSA) is 131 Å². The van der Waals surface area contributed by atoms with Crippen LogP contribution in [0.5, 0.6) is 0 Å². The van der Waals surface area contributed by atoms with Crippen molar-refractivity contribution in [1.82, 2.24) is 9.88 Å². The van der Waals surface area contributed by atoms with E-state index in [1.54, 1.807) is 20.8 Å². The number of nitrogens with zero attached hydrogens (tertiary/aromatic N) is 1. The molecule has 0 radical (unpaired) electrons. The number of aromatic nitrogens is 1. The second-order valence-electron chi connectivity index (χ2n) is 5.83. The summed E-state index contributed by atoms with van der Waals surface area (Å²) in [6.07, 6.45) is 1.19. The van der Waals surface area contributed by atoms with Crippen LogP contribution in [-0.2, 0) is 21.9 Å². The summed E-state index contributed by atoms with van der Waals surface area (Å²) >= 11 is 0. The van der Waals surface area contributed by atoms with Gasteiger partial charge in [0, 0.05) is 13.2 Å². The summed E-state index contributed by atoms with van der Waals surface area (Å²) in [6.45, 7) is 5.02. The fourth-order valence-corrected chi connectivity index (χ4v) is 2.35. The molecule has 0 bridgehead atoms. The highest BCUT2D eigenvalue weighted by molar-refractivity contribution is 7.89. The lowest BCUT2D eigenvalue weighted by Crippen LogP contribution is -2.49. The maximum Gasteiger partial charge on any atom is 0.326 e. The number of aliphatic carboxylic acids is 1. The maximum absolute atomic E-state index is 12.1. The summed E-state index contributed by atoms with van der Waals surface area (Å²) in [5, 5.41) is 16.5. The predicted octanol–water partition coefficient (Wildman–Crippen LogP) is -0.0984. The molecule has 1 amide bonds. The zero-order chi connectivity index (χ0) is 16.6. The van der Waals surface area contributed by atoms with E-state index in [0.717, 1.165) is 6.07 Å². The van der Waals surface area contributed by atoms with Crippen molar-refractivity contribution in [2.45, 2.75) is 31.7 Å². The third kappa shape index (κ3) is 4.05. The SMILES string of the molecule is Cn1cc(S(N)(=O)=O)cc1C(=O)NC(C(=O)O)C(C)(C)C. The van der Waals surface area contributed by atoms with E-state index < -0.39 is 33.4 Å². The number of aryl methyl sites for hydroxylation is 1. The Bertz CT molecular complexity index is 670. The van der Waals surface area contributed by atoms with Crippen LogP contribution in [0.2, 0.25) is 0 Å². The van der Waals surface area contributed by atoms with Gasteiger partial charge in [-0.05, 0) is 11.5 Å². The van der Waals surface area contributed by atoms with E-state index in [9.17, 15) is 23.1 Å². The van der Waals surface area contributed by atoms with Crippen molar-refractivity contribution in [3.05, 3.63) is 18.0 Å². The molecule has 1 aromatic heterocycles. The van der Waals surface area contributed by atoms with Crippen LogP contribution in [0, 0.1) is 5.41 Å². The number of sulfonamides is 1. The molecule has 1 aromatic rings. The number of hydrogen-bond donors (Lipinski definition) is 3. The van der Waals surface area contributed by atoms with Gasteiger partial charge in [0.15, 0.2) is 0 Å². The Hall–Kier alpha value is -1.87. The Morgan fingerprint density at radius 1 is 1.38 bits per heavy atom. The number of carboxylic acid groups (broad SMARTS) is 1. The molecule has 0 fully saturated rings. The van der Waals surface area contributed by atoms with Crippen molar-refractivity contribution >= 4 is 21.9 Å². The van der Waals surface area contributed by atoms with Gasteiger partial charge in [-0.1, -0.05) is 20.8 Å².